The van der Waals surface area contributed by atoms with Gasteiger partial charge in [0.2, 0.25) is 5.91 Å². The first kappa shape index (κ1) is 16.2. The standard InChI is InChI=1S/C14H16BrNO4S/c15-10-3-1-2-4-11(10)16-12(17)8-21(20)9-14(5-6-14)7-13(18)19/h1-4H,5-9H2,(H,16,17)(H,18,19). The molecule has 0 spiro atoms. The van der Waals surface area contributed by atoms with Crippen molar-refractivity contribution < 1.29 is 18.9 Å². The lowest BCUT2D eigenvalue weighted by Gasteiger charge is -2.12. The molecule has 1 aliphatic carbocycles. The Balaban J connectivity index is 1.84. The highest BCUT2D eigenvalue weighted by Crippen LogP contribution is 2.49. The van der Waals surface area contributed by atoms with Crippen LogP contribution in [0.25, 0.3) is 0 Å². The fourth-order valence-corrected chi connectivity index (χ4v) is 4.08. The Labute approximate surface area is 133 Å². The lowest BCUT2D eigenvalue weighted by molar-refractivity contribution is -0.138. The van der Waals surface area contributed by atoms with E-state index in [0.717, 1.165) is 17.3 Å². The monoisotopic (exact) mass is 373 g/mol. The highest BCUT2D eigenvalue weighted by Gasteiger charge is 2.45. The molecular formula is C14H16BrNO4S. The molecule has 0 aliphatic heterocycles. The predicted octanol–water partition coefficient (Wildman–Crippen LogP) is 2.39. The Morgan fingerprint density at radius 1 is 1.33 bits per heavy atom. The van der Waals surface area contributed by atoms with Crippen molar-refractivity contribution in [3.8, 4) is 0 Å². The zero-order valence-electron chi connectivity index (χ0n) is 11.3. The van der Waals surface area contributed by atoms with Crippen molar-refractivity contribution >= 4 is 44.3 Å². The number of carboxylic acids is 1. The Kier molecular flexibility index (Phi) is 5.16. The van der Waals surface area contributed by atoms with Crippen molar-refractivity contribution in [2.75, 3.05) is 16.8 Å². The normalized spacial score (nSPS) is 17.0. The molecule has 7 heteroatoms. The summed E-state index contributed by atoms with van der Waals surface area (Å²) < 4.78 is 12.8. The molecule has 114 valence electrons. The molecule has 1 aromatic carbocycles. The Morgan fingerprint density at radius 3 is 2.57 bits per heavy atom. The highest BCUT2D eigenvalue weighted by molar-refractivity contribution is 9.10. The van der Waals surface area contributed by atoms with Gasteiger partial charge in [-0.05, 0) is 46.3 Å². The van der Waals surface area contributed by atoms with Crippen LogP contribution in [0.5, 0.6) is 0 Å². The average molecular weight is 374 g/mol. The van der Waals surface area contributed by atoms with Crippen molar-refractivity contribution in [2.24, 2.45) is 5.41 Å². The van der Waals surface area contributed by atoms with Crippen LogP contribution in [0.3, 0.4) is 0 Å². The van der Waals surface area contributed by atoms with Gasteiger partial charge in [0.1, 0.15) is 5.75 Å². The number of nitrogens with one attached hydrogen (secondary N) is 1. The first-order valence-corrected chi connectivity index (χ1v) is 8.79. The number of benzene rings is 1. The molecule has 0 heterocycles. The van der Waals surface area contributed by atoms with Crippen molar-refractivity contribution in [3.63, 3.8) is 0 Å². The zero-order valence-corrected chi connectivity index (χ0v) is 13.7. The maximum atomic E-state index is 12.0. The first-order valence-electron chi connectivity index (χ1n) is 6.51. The molecule has 0 bridgehead atoms. The van der Waals surface area contributed by atoms with E-state index in [1.807, 2.05) is 6.07 Å². The minimum atomic E-state index is -1.34. The van der Waals surface area contributed by atoms with Crippen molar-refractivity contribution in [1.82, 2.24) is 0 Å². The van der Waals surface area contributed by atoms with E-state index in [0.29, 0.717) is 5.69 Å². The number of hydrogen-bond donors (Lipinski definition) is 2. The number of carboxylic acid groups (broad SMARTS) is 1. The molecule has 1 fully saturated rings. The molecule has 1 amide bonds. The van der Waals surface area contributed by atoms with Crippen LogP contribution in [-0.4, -0.2) is 32.7 Å². The van der Waals surface area contributed by atoms with Crippen molar-refractivity contribution in [2.45, 2.75) is 19.3 Å². The van der Waals surface area contributed by atoms with Gasteiger partial charge < -0.3 is 10.4 Å². The summed E-state index contributed by atoms with van der Waals surface area (Å²) >= 11 is 3.32. The van der Waals surface area contributed by atoms with Crippen molar-refractivity contribution in [3.05, 3.63) is 28.7 Å². The number of hydrogen-bond acceptors (Lipinski definition) is 3. The third-order valence-corrected chi connectivity index (χ3v) is 5.60. The second-order valence-corrected chi connectivity index (χ2v) is 7.64. The van der Waals surface area contributed by atoms with E-state index in [9.17, 15) is 13.8 Å². The van der Waals surface area contributed by atoms with Crippen LogP contribution in [0.1, 0.15) is 19.3 Å². The topological polar surface area (TPSA) is 83.5 Å². The maximum Gasteiger partial charge on any atom is 0.303 e. The minimum Gasteiger partial charge on any atom is -0.481 e. The molecule has 0 saturated heterocycles. The van der Waals surface area contributed by atoms with E-state index in [2.05, 4.69) is 21.2 Å². The summed E-state index contributed by atoms with van der Waals surface area (Å²) in [6.45, 7) is 0. The van der Waals surface area contributed by atoms with Crippen LogP contribution >= 0.6 is 15.9 Å². The van der Waals surface area contributed by atoms with E-state index in [-0.39, 0.29) is 29.2 Å². The summed E-state index contributed by atoms with van der Waals surface area (Å²) in [5.74, 6) is -1.03. The number of aliphatic carboxylic acids is 1. The van der Waals surface area contributed by atoms with E-state index >= 15 is 0 Å². The molecule has 5 nitrogen and oxygen atoms in total. The summed E-state index contributed by atoms with van der Waals surface area (Å²) in [5.41, 5.74) is 0.274. The lowest BCUT2D eigenvalue weighted by atomic mass is 10.1. The summed E-state index contributed by atoms with van der Waals surface area (Å²) in [4.78, 5) is 22.6. The minimum absolute atomic E-state index is 0.0323. The SMILES string of the molecule is O=C(O)CC1(CS(=O)CC(=O)Nc2ccccc2Br)CC1. The summed E-state index contributed by atoms with van der Waals surface area (Å²) in [6, 6.07) is 7.18. The molecule has 1 aliphatic rings. The number of carbonyl (C=O) groups is 2. The Hall–Kier alpha value is -1.21. The molecule has 1 unspecified atom stereocenters. The average Bonchev–Trinajstić information content (AvgIpc) is 3.10. The molecule has 1 aromatic rings. The van der Waals surface area contributed by atoms with Gasteiger partial charge in [0.05, 0.1) is 12.1 Å². The molecule has 2 N–H and O–H groups in total. The van der Waals surface area contributed by atoms with Gasteiger partial charge in [0.15, 0.2) is 0 Å². The smallest absolute Gasteiger partial charge is 0.303 e. The van der Waals surface area contributed by atoms with Gasteiger partial charge in [-0.15, -0.1) is 0 Å². The van der Waals surface area contributed by atoms with E-state index in [1.54, 1.807) is 18.2 Å². The number of amides is 1. The van der Waals surface area contributed by atoms with Gasteiger partial charge in [-0.2, -0.15) is 0 Å². The fraction of sp³-hybridized carbons (Fsp3) is 0.429. The molecule has 0 radical (unpaired) electrons. The third-order valence-electron chi connectivity index (χ3n) is 3.39. The largest absolute Gasteiger partial charge is 0.481 e. The number of anilines is 1. The zero-order chi connectivity index (χ0) is 15.5. The van der Waals surface area contributed by atoms with Crippen LogP contribution in [0, 0.1) is 5.41 Å². The van der Waals surface area contributed by atoms with Crippen LogP contribution in [0.4, 0.5) is 5.69 Å². The Morgan fingerprint density at radius 2 is 2.00 bits per heavy atom. The van der Waals surface area contributed by atoms with Gasteiger partial charge in [-0.25, -0.2) is 0 Å². The van der Waals surface area contributed by atoms with Crippen LogP contribution in [-0.2, 0) is 20.4 Å². The van der Waals surface area contributed by atoms with Gasteiger partial charge in [0.25, 0.3) is 0 Å². The van der Waals surface area contributed by atoms with Crippen LogP contribution in [0.2, 0.25) is 0 Å². The second-order valence-electron chi connectivity index (χ2n) is 5.33. The van der Waals surface area contributed by atoms with E-state index < -0.39 is 16.8 Å². The van der Waals surface area contributed by atoms with Crippen molar-refractivity contribution in [1.29, 1.82) is 0 Å². The Bertz CT molecular complexity index is 586. The van der Waals surface area contributed by atoms with Gasteiger partial charge in [-0.3, -0.25) is 13.8 Å². The van der Waals surface area contributed by atoms with E-state index in [1.165, 1.54) is 0 Å². The predicted molar refractivity (Wildman–Crippen MR) is 84.6 cm³/mol. The number of rotatable bonds is 7. The van der Waals surface area contributed by atoms with Crippen LogP contribution in [0.15, 0.2) is 28.7 Å². The molecule has 1 atom stereocenters. The van der Waals surface area contributed by atoms with Gasteiger partial charge in [-0.1, -0.05) is 12.1 Å². The molecular weight excluding hydrogens is 358 g/mol. The fourth-order valence-electron chi connectivity index (χ4n) is 2.16. The van der Waals surface area contributed by atoms with Gasteiger partial charge in [0, 0.05) is 21.0 Å². The van der Waals surface area contributed by atoms with Crippen LogP contribution < -0.4 is 5.32 Å². The third kappa shape index (κ3) is 4.93. The summed E-state index contributed by atoms with van der Waals surface area (Å²) in [6.07, 6.45) is 1.58. The quantitative estimate of drug-likeness (QED) is 0.768. The number of halogens is 1. The molecule has 1 saturated carbocycles. The molecule has 21 heavy (non-hydrogen) atoms. The first-order chi connectivity index (χ1) is 9.90. The summed E-state index contributed by atoms with van der Waals surface area (Å²) in [7, 11) is -1.34. The second kappa shape index (κ2) is 6.70. The molecule has 0 aromatic heterocycles. The number of carbonyl (C=O) groups excluding carboxylic acids is 1. The molecule has 2 rings (SSSR count). The number of para-hydroxylation sites is 1. The lowest BCUT2D eigenvalue weighted by Crippen LogP contribution is -2.25. The maximum absolute atomic E-state index is 12.0. The highest BCUT2D eigenvalue weighted by atomic mass is 79.9. The van der Waals surface area contributed by atoms with E-state index in [4.69, 9.17) is 5.11 Å². The summed E-state index contributed by atoms with van der Waals surface area (Å²) in [5, 5.41) is 11.5. The van der Waals surface area contributed by atoms with Gasteiger partial charge >= 0.3 is 5.97 Å².